The Bertz CT molecular complexity index is 726. The van der Waals surface area contributed by atoms with Gasteiger partial charge in [0.2, 0.25) is 0 Å². The maximum atomic E-state index is 12.2. The van der Waals surface area contributed by atoms with Crippen molar-refractivity contribution in [1.29, 1.82) is 0 Å². The Labute approximate surface area is 133 Å². The number of benzene rings is 2. The monoisotopic (exact) mass is 314 g/mol. The zero-order valence-electron chi connectivity index (χ0n) is 12.0. The normalized spacial score (nSPS) is 16.3. The van der Waals surface area contributed by atoms with Crippen LogP contribution >= 0.6 is 11.6 Å². The highest BCUT2D eigenvalue weighted by Gasteiger charge is 2.29. The molecule has 1 aliphatic rings. The number of para-hydroxylation sites is 2. The molecule has 0 saturated carbocycles. The van der Waals surface area contributed by atoms with Crippen LogP contribution in [0.2, 0.25) is 5.02 Å². The van der Waals surface area contributed by atoms with Crippen molar-refractivity contribution in [1.82, 2.24) is 0 Å². The SMILES string of the molecule is CCOC(=O)C1=Nc2ccccc2NC1c1ccc(Cl)cc1. The first kappa shape index (κ1) is 14.6. The molecule has 1 unspecified atom stereocenters. The second kappa shape index (κ2) is 6.20. The zero-order valence-corrected chi connectivity index (χ0v) is 12.8. The summed E-state index contributed by atoms with van der Waals surface area (Å²) in [6.07, 6.45) is 0. The molecule has 1 heterocycles. The third-order valence-electron chi connectivity index (χ3n) is 3.41. The van der Waals surface area contributed by atoms with Gasteiger partial charge in [-0.25, -0.2) is 9.79 Å². The van der Waals surface area contributed by atoms with Gasteiger partial charge in [-0.3, -0.25) is 0 Å². The van der Waals surface area contributed by atoms with Crippen molar-refractivity contribution >= 4 is 34.7 Å². The summed E-state index contributed by atoms with van der Waals surface area (Å²) in [5, 5.41) is 4.00. The number of anilines is 1. The van der Waals surface area contributed by atoms with Crippen LogP contribution in [0.15, 0.2) is 53.5 Å². The van der Waals surface area contributed by atoms with Crippen molar-refractivity contribution in [2.24, 2.45) is 4.99 Å². The van der Waals surface area contributed by atoms with Gasteiger partial charge >= 0.3 is 5.97 Å². The quantitative estimate of drug-likeness (QED) is 0.866. The number of hydrogen-bond donors (Lipinski definition) is 1. The van der Waals surface area contributed by atoms with Crippen molar-refractivity contribution in [2.75, 3.05) is 11.9 Å². The number of nitrogens with zero attached hydrogens (tertiary/aromatic N) is 1. The van der Waals surface area contributed by atoms with Gasteiger partial charge in [0.15, 0.2) is 5.71 Å². The number of rotatable bonds is 3. The van der Waals surface area contributed by atoms with E-state index >= 15 is 0 Å². The van der Waals surface area contributed by atoms with E-state index in [1.54, 1.807) is 19.1 Å². The first-order valence-electron chi connectivity index (χ1n) is 7.05. The first-order valence-corrected chi connectivity index (χ1v) is 7.43. The second-order valence-corrected chi connectivity index (χ2v) is 5.30. The van der Waals surface area contributed by atoms with E-state index in [1.807, 2.05) is 36.4 Å². The number of carbonyl (C=O) groups is 1. The summed E-state index contributed by atoms with van der Waals surface area (Å²) in [7, 11) is 0. The van der Waals surface area contributed by atoms with Crippen LogP contribution in [0.4, 0.5) is 11.4 Å². The minimum absolute atomic E-state index is 0.312. The summed E-state index contributed by atoms with van der Waals surface area (Å²) in [5.41, 5.74) is 2.87. The van der Waals surface area contributed by atoms with Gasteiger partial charge in [0.25, 0.3) is 0 Å². The number of halogens is 1. The Morgan fingerprint density at radius 1 is 1.23 bits per heavy atom. The molecule has 0 spiro atoms. The predicted octanol–water partition coefficient (Wildman–Crippen LogP) is 4.14. The van der Waals surface area contributed by atoms with Gasteiger partial charge in [0.05, 0.1) is 18.0 Å². The Kier molecular flexibility index (Phi) is 4.11. The highest BCUT2D eigenvalue weighted by Crippen LogP contribution is 2.35. The fraction of sp³-hybridized carbons (Fsp3) is 0.176. The molecule has 0 saturated heterocycles. The van der Waals surface area contributed by atoms with Crippen molar-refractivity contribution in [2.45, 2.75) is 13.0 Å². The number of carbonyl (C=O) groups excluding carboxylic acids is 1. The van der Waals surface area contributed by atoms with E-state index < -0.39 is 5.97 Å². The Morgan fingerprint density at radius 2 is 1.95 bits per heavy atom. The molecule has 0 bridgehead atoms. The van der Waals surface area contributed by atoms with Crippen LogP contribution in [-0.4, -0.2) is 18.3 Å². The van der Waals surface area contributed by atoms with Gasteiger partial charge in [-0.15, -0.1) is 0 Å². The lowest BCUT2D eigenvalue weighted by Gasteiger charge is -2.26. The molecule has 5 heteroatoms. The fourth-order valence-electron chi connectivity index (χ4n) is 2.38. The van der Waals surface area contributed by atoms with Gasteiger partial charge in [0.1, 0.15) is 6.04 Å². The molecule has 0 aliphatic carbocycles. The largest absolute Gasteiger partial charge is 0.461 e. The van der Waals surface area contributed by atoms with Crippen LogP contribution < -0.4 is 5.32 Å². The molecular formula is C17H15ClN2O2. The number of ether oxygens (including phenoxy) is 1. The van der Waals surface area contributed by atoms with Gasteiger partial charge in [-0.1, -0.05) is 35.9 Å². The van der Waals surface area contributed by atoms with E-state index in [1.165, 1.54) is 0 Å². The lowest BCUT2D eigenvalue weighted by molar-refractivity contribution is -0.135. The van der Waals surface area contributed by atoms with Crippen molar-refractivity contribution in [3.63, 3.8) is 0 Å². The molecule has 2 aromatic carbocycles. The van der Waals surface area contributed by atoms with E-state index in [9.17, 15) is 4.79 Å². The average molecular weight is 315 g/mol. The Hall–Kier alpha value is -2.33. The van der Waals surface area contributed by atoms with Crippen LogP contribution in [0.3, 0.4) is 0 Å². The van der Waals surface area contributed by atoms with E-state index in [4.69, 9.17) is 16.3 Å². The number of fused-ring (bicyclic) bond motifs is 1. The zero-order chi connectivity index (χ0) is 15.5. The molecular weight excluding hydrogens is 300 g/mol. The molecule has 4 nitrogen and oxygen atoms in total. The smallest absolute Gasteiger partial charge is 0.355 e. The highest BCUT2D eigenvalue weighted by molar-refractivity contribution is 6.40. The molecule has 0 amide bonds. The van der Waals surface area contributed by atoms with Gasteiger partial charge in [-0.2, -0.15) is 0 Å². The lowest BCUT2D eigenvalue weighted by Crippen LogP contribution is -2.31. The fourth-order valence-corrected chi connectivity index (χ4v) is 2.50. The summed E-state index contributed by atoms with van der Waals surface area (Å²) in [5.74, 6) is -0.413. The molecule has 1 N–H and O–H groups in total. The Morgan fingerprint density at radius 3 is 2.68 bits per heavy atom. The minimum atomic E-state index is -0.413. The molecule has 0 radical (unpaired) electrons. The van der Waals surface area contributed by atoms with Crippen molar-refractivity contribution < 1.29 is 9.53 Å². The molecule has 0 aromatic heterocycles. The van der Waals surface area contributed by atoms with E-state index in [2.05, 4.69) is 10.3 Å². The summed E-state index contributed by atoms with van der Waals surface area (Å²) >= 11 is 5.94. The highest BCUT2D eigenvalue weighted by atomic mass is 35.5. The number of aliphatic imine (C=N–C) groups is 1. The average Bonchev–Trinajstić information content (AvgIpc) is 2.54. The van der Waals surface area contributed by atoms with Crippen LogP contribution in [0, 0.1) is 0 Å². The standard InChI is InChI=1S/C17H15ClN2O2/c1-2-22-17(21)16-15(11-7-9-12(18)10-8-11)19-13-5-3-4-6-14(13)20-16/h3-10,15,19H,2H2,1H3. The van der Waals surface area contributed by atoms with Crippen LogP contribution in [-0.2, 0) is 9.53 Å². The van der Waals surface area contributed by atoms with E-state index in [0.717, 1.165) is 16.9 Å². The second-order valence-electron chi connectivity index (χ2n) is 4.86. The summed E-state index contributed by atoms with van der Waals surface area (Å²) in [4.78, 5) is 16.7. The molecule has 3 rings (SSSR count). The molecule has 112 valence electrons. The number of nitrogens with one attached hydrogen (secondary N) is 1. The maximum Gasteiger partial charge on any atom is 0.355 e. The molecule has 1 atom stereocenters. The summed E-state index contributed by atoms with van der Waals surface area (Å²) in [6.45, 7) is 2.09. The predicted molar refractivity (Wildman–Crippen MR) is 88.0 cm³/mol. The first-order chi connectivity index (χ1) is 10.7. The molecule has 0 fully saturated rings. The van der Waals surface area contributed by atoms with E-state index in [-0.39, 0.29) is 6.04 Å². The van der Waals surface area contributed by atoms with E-state index in [0.29, 0.717) is 17.3 Å². The van der Waals surface area contributed by atoms with Gasteiger partial charge in [-0.05, 0) is 36.8 Å². The number of esters is 1. The van der Waals surface area contributed by atoms with Gasteiger partial charge < -0.3 is 10.1 Å². The van der Waals surface area contributed by atoms with Crippen molar-refractivity contribution in [3.8, 4) is 0 Å². The van der Waals surface area contributed by atoms with Crippen LogP contribution in [0.25, 0.3) is 0 Å². The third-order valence-corrected chi connectivity index (χ3v) is 3.66. The third kappa shape index (κ3) is 2.83. The number of hydrogen-bond acceptors (Lipinski definition) is 4. The maximum absolute atomic E-state index is 12.2. The summed E-state index contributed by atoms with van der Waals surface area (Å²) in [6, 6.07) is 14.6. The lowest BCUT2D eigenvalue weighted by atomic mass is 9.99. The summed E-state index contributed by atoms with van der Waals surface area (Å²) < 4.78 is 5.14. The minimum Gasteiger partial charge on any atom is -0.461 e. The topological polar surface area (TPSA) is 50.7 Å². The molecule has 1 aliphatic heterocycles. The van der Waals surface area contributed by atoms with Gasteiger partial charge in [0, 0.05) is 5.02 Å². The van der Waals surface area contributed by atoms with Crippen LogP contribution in [0.5, 0.6) is 0 Å². The van der Waals surface area contributed by atoms with Crippen molar-refractivity contribution in [3.05, 3.63) is 59.1 Å². The molecule has 22 heavy (non-hydrogen) atoms. The Balaban J connectivity index is 2.04. The molecule has 2 aromatic rings. The van der Waals surface area contributed by atoms with Crippen LogP contribution in [0.1, 0.15) is 18.5 Å².